The Morgan fingerprint density at radius 1 is 1.25 bits per heavy atom. The minimum atomic E-state index is -0.186. The van der Waals surface area contributed by atoms with Gasteiger partial charge in [0, 0.05) is 10.8 Å². The van der Waals surface area contributed by atoms with E-state index >= 15 is 0 Å². The first kappa shape index (κ1) is 8.83. The summed E-state index contributed by atoms with van der Waals surface area (Å²) in [6.07, 6.45) is 1.85. The van der Waals surface area contributed by atoms with Crippen LogP contribution in [0.1, 0.15) is 33.6 Å². The van der Waals surface area contributed by atoms with Crippen molar-refractivity contribution in [3.63, 3.8) is 0 Å². The molecule has 70 valence electrons. The maximum Gasteiger partial charge on any atom is 0.0616 e. The SMILES string of the molecule is CC1(C)[C@@H]2C[C@@H](Cl)[C@@]1(C)[C@@H](O)C2. The number of aliphatic hydroxyl groups is 1. The average Bonchev–Trinajstić information content (AvgIpc) is 2.20. The zero-order chi connectivity index (χ0) is 9.15. The molecule has 2 fully saturated rings. The number of hydrogen-bond donors (Lipinski definition) is 1. The maximum atomic E-state index is 9.90. The number of halogens is 1. The number of rotatable bonds is 0. The van der Waals surface area contributed by atoms with Gasteiger partial charge in [-0.2, -0.15) is 0 Å². The van der Waals surface area contributed by atoms with Crippen molar-refractivity contribution in [2.75, 3.05) is 0 Å². The van der Waals surface area contributed by atoms with Gasteiger partial charge in [0.25, 0.3) is 0 Å². The quantitative estimate of drug-likeness (QED) is 0.579. The molecule has 0 radical (unpaired) electrons. The number of aliphatic hydroxyl groups excluding tert-OH is 1. The Labute approximate surface area is 79.1 Å². The zero-order valence-corrected chi connectivity index (χ0v) is 8.73. The standard InChI is InChI=1S/C10H17ClO/c1-9(2)6-4-7(11)10(9,3)8(12)5-6/h6-8,12H,4-5H2,1-3H3/t6-,7-,8+,10+/m1/s1. The molecule has 0 spiro atoms. The van der Waals surface area contributed by atoms with E-state index in [1.807, 2.05) is 0 Å². The van der Waals surface area contributed by atoms with Crippen LogP contribution in [-0.2, 0) is 0 Å². The highest BCUT2D eigenvalue weighted by molar-refractivity contribution is 6.21. The van der Waals surface area contributed by atoms with Crippen molar-refractivity contribution < 1.29 is 5.11 Å². The van der Waals surface area contributed by atoms with E-state index in [9.17, 15) is 5.11 Å². The lowest BCUT2D eigenvalue weighted by atomic mass is 9.70. The van der Waals surface area contributed by atoms with E-state index in [1.165, 1.54) is 0 Å². The Bertz CT molecular complexity index is 200. The molecule has 0 aromatic rings. The van der Waals surface area contributed by atoms with Gasteiger partial charge in [-0.1, -0.05) is 20.8 Å². The predicted octanol–water partition coefficient (Wildman–Crippen LogP) is 2.41. The second-order valence-electron chi connectivity index (χ2n) is 5.16. The van der Waals surface area contributed by atoms with E-state index < -0.39 is 0 Å². The van der Waals surface area contributed by atoms with Gasteiger partial charge in [0.15, 0.2) is 0 Å². The number of fused-ring (bicyclic) bond motifs is 2. The van der Waals surface area contributed by atoms with Crippen LogP contribution in [0.4, 0.5) is 0 Å². The molecule has 4 atom stereocenters. The summed E-state index contributed by atoms with van der Waals surface area (Å²) in [7, 11) is 0. The molecule has 2 heteroatoms. The van der Waals surface area contributed by atoms with E-state index in [4.69, 9.17) is 11.6 Å². The minimum absolute atomic E-state index is 0.0563. The van der Waals surface area contributed by atoms with Gasteiger partial charge in [0.05, 0.1) is 6.10 Å². The summed E-state index contributed by atoms with van der Waals surface area (Å²) in [5.41, 5.74) is 0.165. The van der Waals surface area contributed by atoms with Crippen molar-refractivity contribution in [3.8, 4) is 0 Å². The molecule has 1 nitrogen and oxygen atoms in total. The largest absolute Gasteiger partial charge is 0.392 e. The third-order valence-corrected chi connectivity index (χ3v) is 5.38. The van der Waals surface area contributed by atoms with Crippen molar-refractivity contribution in [1.82, 2.24) is 0 Å². The van der Waals surface area contributed by atoms with Crippen molar-refractivity contribution in [2.24, 2.45) is 16.7 Å². The molecule has 0 aromatic heterocycles. The van der Waals surface area contributed by atoms with Crippen molar-refractivity contribution in [3.05, 3.63) is 0 Å². The highest BCUT2D eigenvalue weighted by Crippen LogP contribution is 2.66. The molecule has 2 aliphatic carbocycles. The van der Waals surface area contributed by atoms with Gasteiger partial charge in [-0.25, -0.2) is 0 Å². The number of hydrogen-bond acceptors (Lipinski definition) is 1. The van der Waals surface area contributed by atoms with Crippen LogP contribution in [0, 0.1) is 16.7 Å². The molecular weight excluding hydrogens is 172 g/mol. The molecule has 2 aliphatic rings. The van der Waals surface area contributed by atoms with E-state index in [-0.39, 0.29) is 22.3 Å². The second-order valence-corrected chi connectivity index (χ2v) is 5.68. The Morgan fingerprint density at radius 3 is 2.08 bits per heavy atom. The number of alkyl halides is 1. The molecule has 0 aromatic carbocycles. The first-order valence-corrected chi connectivity index (χ1v) is 5.16. The normalized spacial score (nSPS) is 56.2. The fourth-order valence-electron chi connectivity index (χ4n) is 3.18. The molecule has 0 amide bonds. The molecule has 0 saturated heterocycles. The van der Waals surface area contributed by atoms with Crippen LogP contribution in [0.15, 0.2) is 0 Å². The highest BCUT2D eigenvalue weighted by Gasteiger charge is 2.65. The van der Waals surface area contributed by atoms with E-state index in [0.29, 0.717) is 5.92 Å². The molecular formula is C10H17ClO. The van der Waals surface area contributed by atoms with E-state index in [0.717, 1.165) is 12.8 Å². The summed E-state index contributed by atoms with van der Waals surface area (Å²) in [5, 5.41) is 10.1. The van der Waals surface area contributed by atoms with Crippen molar-refractivity contribution >= 4 is 11.6 Å². The summed E-state index contributed by atoms with van der Waals surface area (Å²) in [5.74, 6) is 0.625. The minimum Gasteiger partial charge on any atom is -0.392 e. The average molecular weight is 189 g/mol. The van der Waals surface area contributed by atoms with E-state index in [1.54, 1.807) is 0 Å². The Kier molecular flexibility index (Phi) is 1.61. The van der Waals surface area contributed by atoms with Gasteiger partial charge >= 0.3 is 0 Å². The smallest absolute Gasteiger partial charge is 0.0616 e. The first-order chi connectivity index (χ1) is 5.40. The van der Waals surface area contributed by atoms with Crippen LogP contribution in [0.5, 0.6) is 0 Å². The van der Waals surface area contributed by atoms with Crippen LogP contribution < -0.4 is 0 Å². The first-order valence-electron chi connectivity index (χ1n) is 4.73. The summed E-state index contributed by atoms with van der Waals surface area (Å²) in [4.78, 5) is 0. The zero-order valence-electron chi connectivity index (χ0n) is 7.97. The highest BCUT2D eigenvalue weighted by atomic mass is 35.5. The Morgan fingerprint density at radius 2 is 1.83 bits per heavy atom. The molecule has 0 heterocycles. The maximum absolute atomic E-state index is 9.90. The summed E-state index contributed by atoms with van der Waals surface area (Å²) < 4.78 is 0. The predicted molar refractivity (Wildman–Crippen MR) is 50.3 cm³/mol. The van der Waals surface area contributed by atoms with E-state index in [2.05, 4.69) is 20.8 Å². The molecule has 0 unspecified atom stereocenters. The van der Waals surface area contributed by atoms with Crippen LogP contribution in [0.25, 0.3) is 0 Å². The fourth-order valence-corrected chi connectivity index (χ4v) is 3.82. The second kappa shape index (κ2) is 2.19. The lowest BCUT2D eigenvalue weighted by molar-refractivity contribution is 0.0156. The van der Waals surface area contributed by atoms with Gasteiger partial charge in [-0.15, -0.1) is 11.6 Å². The molecule has 2 saturated carbocycles. The van der Waals surface area contributed by atoms with Crippen molar-refractivity contribution in [1.29, 1.82) is 0 Å². The van der Waals surface area contributed by atoms with Crippen LogP contribution in [0.3, 0.4) is 0 Å². The molecule has 2 rings (SSSR count). The van der Waals surface area contributed by atoms with Gasteiger partial charge < -0.3 is 5.11 Å². The van der Waals surface area contributed by atoms with Gasteiger partial charge in [0.2, 0.25) is 0 Å². The van der Waals surface area contributed by atoms with Crippen LogP contribution in [-0.4, -0.2) is 16.6 Å². The lowest BCUT2D eigenvalue weighted by Gasteiger charge is -2.39. The molecule has 2 bridgehead atoms. The van der Waals surface area contributed by atoms with Gasteiger partial charge in [0.1, 0.15) is 0 Å². The topological polar surface area (TPSA) is 20.2 Å². The van der Waals surface area contributed by atoms with Crippen LogP contribution >= 0.6 is 11.6 Å². The van der Waals surface area contributed by atoms with Gasteiger partial charge in [-0.3, -0.25) is 0 Å². The Balaban J connectivity index is 2.44. The fraction of sp³-hybridized carbons (Fsp3) is 1.00. The molecule has 0 aliphatic heterocycles. The Hall–Kier alpha value is 0.250. The summed E-state index contributed by atoms with van der Waals surface area (Å²) in [6, 6.07) is 0. The van der Waals surface area contributed by atoms with Crippen LogP contribution in [0.2, 0.25) is 0 Å². The molecule has 12 heavy (non-hydrogen) atoms. The summed E-state index contributed by atoms with van der Waals surface area (Å²) in [6.45, 7) is 6.63. The molecule has 1 N–H and O–H groups in total. The van der Waals surface area contributed by atoms with Crippen molar-refractivity contribution in [2.45, 2.75) is 45.1 Å². The third-order valence-electron chi connectivity index (χ3n) is 4.75. The lowest BCUT2D eigenvalue weighted by Crippen LogP contribution is -2.41. The third kappa shape index (κ3) is 0.706. The monoisotopic (exact) mass is 188 g/mol. The summed E-state index contributed by atoms with van der Waals surface area (Å²) >= 11 is 6.27. The van der Waals surface area contributed by atoms with Gasteiger partial charge in [-0.05, 0) is 24.2 Å².